The summed E-state index contributed by atoms with van der Waals surface area (Å²) in [7, 11) is 0. The summed E-state index contributed by atoms with van der Waals surface area (Å²) < 4.78 is 1.59. The number of H-pyrrole nitrogens is 1. The predicted octanol–water partition coefficient (Wildman–Crippen LogP) is 3.23. The van der Waals surface area contributed by atoms with Crippen molar-refractivity contribution in [2.24, 2.45) is 4.99 Å². The molecule has 4 aromatic rings. The molecule has 4 rings (SSSR count). The quantitative estimate of drug-likeness (QED) is 0.541. The van der Waals surface area contributed by atoms with Crippen molar-refractivity contribution in [1.82, 2.24) is 4.57 Å². The summed E-state index contributed by atoms with van der Waals surface area (Å²) in [6.45, 7) is 1.69. The summed E-state index contributed by atoms with van der Waals surface area (Å²) in [5, 5.41) is 11.5. The van der Waals surface area contributed by atoms with Crippen molar-refractivity contribution in [1.29, 1.82) is 0 Å². The maximum absolute atomic E-state index is 13.4. The summed E-state index contributed by atoms with van der Waals surface area (Å²) in [6, 6.07) is 21.8. The molecule has 0 bridgehead atoms. The Hall–Kier alpha value is -3.93. The van der Waals surface area contributed by atoms with E-state index >= 15 is 0 Å². The third-order valence-corrected chi connectivity index (χ3v) is 4.52. The van der Waals surface area contributed by atoms with Crippen LogP contribution in [0.2, 0.25) is 0 Å². The fourth-order valence-electron chi connectivity index (χ4n) is 3.26. The summed E-state index contributed by atoms with van der Waals surface area (Å²) >= 11 is 0. The van der Waals surface area contributed by atoms with Crippen molar-refractivity contribution >= 4 is 28.3 Å². The smallest absolute Gasteiger partial charge is 0.269 e. The monoisotopic (exact) mass is 371 g/mol. The van der Waals surface area contributed by atoms with Crippen molar-refractivity contribution < 1.29 is 10.1 Å². The lowest BCUT2D eigenvalue weighted by Gasteiger charge is -2.14. The molecule has 28 heavy (non-hydrogen) atoms. The Bertz CT molecular complexity index is 1260. The van der Waals surface area contributed by atoms with Crippen LogP contribution in [0.5, 0.6) is 5.75 Å². The minimum Gasteiger partial charge on any atom is -0.506 e. The second kappa shape index (κ2) is 7.00. The lowest BCUT2D eigenvalue weighted by molar-refractivity contribution is -0.344. The van der Waals surface area contributed by atoms with Crippen LogP contribution in [0.1, 0.15) is 12.5 Å². The van der Waals surface area contributed by atoms with E-state index in [9.17, 15) is 9.90 Å². The summed E-state index contributed by atoms with van der Waals surface area (Å²) in [5.41, 5.74) is 7.31. The van der Waals surface area contributed by atoms with Crippen LogP contribution in [0.15, 0.2) is 82.6 Å². The molecule has 2 heterocycles. The first-order valence-electron chi connectivity index (χ1n) is 8.82. The number of nitrogen functional groups attached to an aromatic ring is 1. The first-order valence-corrected chi connectivity index (χ1v) is 8.82. The average molecular weight is 371 g/mol. The van der Waals surface area contributed by atoms with Gasteiger partial charge in [-0.2, -0.15) is 0 Å². The van der Waals surface area contributed by atoms with Gasteiger partial charge in [-0.15, -0.1) is 4.99 Å². The van der Waals surface area contributed by atoms with Gasteiger partial charge < -0.3 is 10.8 Å². The largest absolute Gasteiger partial charge is 0.506 e. The molecule has 0 saturated heterocycles. The SMILES string of the molecule is C/C(=N\c1cccc(N)[nH+]1)c1c(O)c2ccccc2n(-c2ccccc2)c1=O. The summed E-state index contributed by atoms with van der Waals surface area (Å²) in [5.74, 6) is 0.868. The Morgan fingerprint density at radius 3 is 2.46 bits per heavy atom. The van der Waals surface area contributed by atoms with Gasteiger partial charge in [0, 0.05) is 23.2 Å². The zero-order chi connectivity index (χ0) is 19.7. The van der Waals surface area contributed by atoms with Gasteiger partial charge in [0.1, 0.15) is 17.0 Å². The maximum atomic E-state index is 13.4. The predicted molar refractivity (Wildman–Crippen MR) is 110 cm³/mol. The second-order valence-corrected chi connectivity index (χ2v) is 6.41. The molecule has 4 N–H and O–H groups in total. The highest BCUT2D eigenvalue weighted by atomic mass is 16.3. The molecule has 0 atom stereocenters. The van der Waals surface area contributed by atoms with Gasteiger partial charge in [-0.25, -0.2) is 4.98 Å². The Labute approximate surface area is 161 Å². The third-order valence-electron chi connectivity index (χ3n) is 4.52. The number of aromatic hydroxyl groups is 1. The number of nitrogens with one attached hydrogen (secondary N) is 1. The highest BCUT2D eigenvalue weighted by Gasteiger charge is 2.21. The van der Waals surface area contributed by atoms with Crippen LogP contribution in [0, 0.1) is 0 Å². The van der Waals surface area contributed by atoms with Crippen molar-refractivity contribution in [2.45, 2.75) is 6.92 Å². The number of hydrogen-bond acceptors (Lipinski definition) is 4. The van der Waals surface area contributed by atoms with E-state index in [4.69, 9.17) is 5.73 Å². The molecule has 0 fully saturated rings. The van der Waals surface area contributed by atoms with Crippen LogP contribution in [0.4, 0.5) is 11.6 Å². The molecular weight excluding hydrogens is 352 g/mol. The van der Waals surface area contributed by atoms with Crippen LogP contribution in [-0.4, -0.2) is 15.4 Å². The topological polar surface area (TPSA) is 94.8 Å². The zero-order valence-corrected chi connectivity index (χ0v) is 15.3. The van der Waals surface area contributed by atoms with E-state index in [0.29, 0.717) is 33.9 Å². The van der Waals surface area contributed by atoms with E-state index in [1.807, 2.05) is 48.5 Å². The van der Waals surface area contributed by atoms with Gasteiger partial charge in [0.25, 0.3) is 11.4 Å². The number of benzene rings is 2. The number of para-hydroxylation sites is 2. The maximum Gasteiger partial charge on any atom is 0.269 e. The van der Waals surface area contributed by atoms with Gasteiger partial charge in [-0.3, -0.25) is 9.36 Å². The molecule has 0 saturated carbocycles. The first-order chi connectivity index (χ1) is 13.6. The standard InChI is InChI=1S/C22H18N4O2/c1-14(24-19-13-7-12-18(23)25-19)20-21(27)16-10-5-6-11-17(16)26(22(20)28)15-8-3-2-4-9-15/h2-13,27H,1H3,(H2,23,25)/p+1/b24-14+. The van der Waals surface area contributed by atoms with Gasteiger partial charge in [0.15, 0.2) is 0 Å². The lowest BCUT2D eigenvalue weighted by Crippen LogP contribution is -2.25. The number of aliphatic imine (C=N–C) groups is 1. The molecule has 0 amide bonds. The molecule has 0 aliphatic heterocycles. The van der Waals surface area contributed by atoms with Crippen LogP contribution in [0.25, 0.3) is 16.6 Å². The number of rotatable bonds is 3. The Morgan fingerprint density at radius 1 is 1.00 bits per heavy atom. The highest BCUT2D eigenvalue weighted by Crippen LogP contribution is 2.28. The van der Waals surface area contributed by atoms with E-state index in [1.165, 1.54) is 0 Å². The molecule has 2 aromatic heterocycles. The van der Waals surface area contributed by atoms with Crippen molar-refractivity contribution in [3.63, 3.8) is 0 Å². The highest BCUT2D eigenvalue weighted by molar-refractivity contribution is 6.06. The van der Waals surface area contributed by atoms with Crippen molar-refractivity contribution in [2.75, 3.05) is 5.73 Å². The van der Waals surface area contributed by atoms with Gasteiger partial charge in [-0.05, 0) is 37.3 Å². The minimum atomic E-state index is -0.340. The fraction of sp³-hybridized carbons (Fsp3) is 0.0455. The molecule has 0 spiro atoms. The Balaban J connectivity index is 2.03. The fourth-order valence-corrected chi connectivity index (χ4v) is 3.26. The molecule has 0 aliphatic carbocycles. The average Bonchev–Trinajstić information content (AvgIpc) is 2.69. The molecule has 2 aromatic carbocycles. The molecule has 0 unspecified atom stereocenters. The minimum absolute atomic E-state index is 0.0852. The van der Waals surface area contributed by atoms with Crippen LogP contribution in [-0.2, 0) is 0 Å². The van der Waals surface area contributed by atoms with Gasteiger partial charge in [-0.1, -0.05) is 30.3 Å². The van der Waals surface area contributed by atoms with Crippen molar-refractivity contribution in [3.05, 3.63) is 88.7 Å². The number of nitrogens with two attached hydrogens (primary N) is 1. The van der Waals surface area contributed by atoms with E-state index in [0.717, 1.165) is 0 Å². The normalized spacial score (nSPS) is 11.7. The van der Waals surface area contributed by atoms with Gasteiger partial charge >= 0.3 is 0 Å². The zero-order valence-electron chi connectivity index (χ0n) is 15.3. The van der Waals surface area contributed by atoms with Gasteiger partial charge in [0.2, 0.25) is 5.82 Å². The molecule has 138 valence electrons. The summed E-state index contributed by atoms with van der Waals surface area (Å²) in [4.78, 5) is 20.8. The summed E-state index contributed by atoms with van der Waals surface area (Å²) in [6.07, 6.45) is 0. The van der Waals surface area contributed by atoms with Crippen LogP contribution < -0.4 is 16.3 Å². The number of hydrogen-bond donors (Lipinski definition) is 2. The molecular formula is C22H19N4O2+. The molecule has 6 nitrogen and oxygen atoms in total. The number of aromatic nitrogens is 2. The Morgan fingerprint density at radius 2 is 1.71 bits per heavy atom. The number of aromatic amines is 1. The Kier molecular flexibility index (Phi) is 4.37. The van der Waals surface area contributed by atoms with E-state index in [1.54, 1.807) is 35.8 Å². The van der Waals surface area contributed by atoms with E-state index in [2.05, 4.69) is 9.98 Å². The third kappa shape index (κ3) is 3.01. The first kappa shape index (κ1) is 17.5. The molecule has 6 heteroatoms. The lowest BCUT2D eigenvalue weighted by atomic mass is 10.1. The second-order valence-electron chi connectivity index (χ2n) is 6.41. The number of fused-ring (bicyclic) bond motifs is 1. The van der Waals surface area contributed by atoms with E-state index < -0.39 is 0 Å². The van der Waals surface area contributed by atoms with Crippen LogP contribution in [0.3, 0.4) is 0 Å². The number of nitrogens with zero attached hydrogens (tertiary/aromatic N) is 2. The van der Waals surface area contributed by atoms with Crippen molar-refractivity contribution in [3.8, 4) is 11.4 Å². The van der Waals surface area contributed by atoms with Crippen LogP contribution >= 0.6 is 0 Å². The van der Waals surface area contributed by atoms with E-state index in [-0.39, 0.29) is 16.9 Å². The number of anilines is 1. The molecule has 0 radical (unpaired) electrons. The molecule has 0 aliphatic rings. The van der Waals surface area contributed by atoms with Gasteiger partial charge in [0.05, 0.1) is 5.52 Å². The number of pyridine rings is 2.